The molecule has 0 aliphatic rings. The predicted octanol–water partition coefficient (Wildman–Crippen LogP) is 3.90. The first-order valence-electron chi connectivity index (χ1n) is 11.7. The molecule has 2 aromatic carbocycles. The van der Waals surface area contributed by atoms with Gasteiger partial charge in [-0.25, -0.2) is 13.4 Å². The first kappa shape index (κ1) is 28.4. The fourth-order valence-corrected chi connectivity index (χ4v) is 6.05. The minimum atomic E-state index is -4.32. The SMILES string of the molecule is CN(C)CCNC(=O)c1ccnc(-n2ccc3cc(N(CC(=O)O)S(=O)(=O)c4cc(Cl)cc(Cl)c4)ccc32)c1. The molecule has 0 bridgehead atoms. The van der Waals surface area contributed by atoms with Crippen LogP contribution in [0.3, 0.4) is 0 Å². The fraction of sp³-hybridized carbons (Fsp3) is 0.192. The minimum Gasteiger partial charge on any atom is -0.480 e. The number of sulfonamides is 1. The van der Waals surface area contributed by atoms with Crippen molar-refractivity contribution < 1.29 is 23.1 Å². The van der Waals surface area contributed by atoms with Crippen LogP contribution in [0.4, 0.5) is 5.69 Å². The molecular weight excluding hydrogens is 565 g/mol. The largest absolute Gasteiger partial charge is 0.480 e. The number of carboxylic acid groups (broad SMARTS) is 1. The van der Waals surface area contributed by atoms with Gasteiger partial charge in [0.25, 0.3) is 15.9 Å². The van der Waals surface area contributed by atoms with E-state index >= 15 is 0 Å². The zero-order valence-electron chi connectivity index (χ0n) is 21.0. The molecule has 2 heterocycles. The van der Waals surface area contributed by atoms with Gasteiger partial charge in [0.15, 0.2) is 0 Å². The molecule has 0 spiro atoms. The van der Waals surface area contributed by atoms with Gasteiger partial charge in [0, 0.05) is 46.5 Å². The fourth-order valence-electron chi connectivity index (χ4n) is 3.91. The number of hydrogen-bond acceptors (Lipinski definition) is 6. The van der Waals surface area contributed by atoms with Gasteiger partial charge in [0.05, 0.1) is 16.1 Å². The number of nitrogens with zero attached hydrogens (tertiary/aromatic N) is 4. The van der Waals surface area contributed by atoms with E-state index in [1.807, 2.05) is 19.0 Å². The number of carboxylic acids is 1. The highest BCUT2D eigenvalue weighted by atomic mass is 35.5. The molecule has 0 saturated heterocycles. The molecule has 4 rings (SSSR count). The summed E-state index contributed by atoms with van der Waals surface area (Å²) in [5.41, 5.74) is 1.26. The summed E-state index contributed by atoms with van der Waals surface area (Å²) in [5, 5.41) is 13.2. The van der Waals surface area contributed by atoms with Crippen LogP contribution in [0.15, 0.2) is 71.9 Å². The van der Waals surface area contributed by atoms with E-state index in [4.69, 9.17) is 23.2 Å². The zero-order valence-corrected chi connectivity index (χ0v) is 23.3. The molecule has 4 aromatic rings. The van der Waals surface area contributed by atoms with Crippen LogP contribution in [0.2, 0.25) is 10.0 Å². The molecule has 0 saturated carbocycles. The van der Waals surface area contributed by atoms with Gasteiger partial charge in [0.2, 0.25) is 0 Å². The van der Waals surface area contributed by atoms with Crippen LogP contribution in [-0.2, 0) is 14.8 Å². The maximum absolute atomic E-state index is 13.4. The maximum atomic E-state index is 13.4. The Morgan fingerprint density at radius 2 is 1.74 bits per heavy atom. The van der Waals surface area contributed by atoms with Crippen molar-refractivity contribution >= 4 is 61.7 Å². The molecule has 1 amide bonds. The summed E-state index contributed by atoms with van der Waals surface area (Å²) in [6.45, 7) is 0.383. The predicted molar refractivity (Wildman–Crippen MR) is 151 cm³/mol. The zero-order chi connectivity index (χ0) is 28.3. The summed E-state index contributed by atoms with van der Waals surface area (Å²) in [5.74, 6) is -1.08. The Labute approximate surface area is 235 Å². The molecule has 2 N–H and O–H groups in total. The molecule has 0 radical (unpaired) electrons. The molecule has 13 heteroatoms. The van der Waals surface area contributed by atoms with E-state index in [0.29, 0.717) is 35.4 Å². The van der Waals surface area contributed by atoms with E-state index in [1.54, 1.807) is 41.1 Å². The van der Waals surface area contributed by atoms with E-state index in [1.165, 1.54) is 30.5 Å². The molecule has 10 nitrogen and oxygen atoms in total. The molecular formula is C26H25Cl2N5O5S. The molecule has 0 aliphatic heterocycles. The van der Waals surface area contributed by atoms with Gasteiger partial charge in [-0.3, -0.25) is 13.9 Å². The maximum Gasteiger partial charge on any atom is 0.324 e. The van der Waals surface area contributed by atoms with Crippen LogP contribution in [0.1, 0.15) is 10.4 Å². The standard InChI is InChI=1S/C26H25Cl2N5O5S/c1-31(2)10-8-30-26(36)18-5-7-29-24(12-18)32-9-6-17-11-21(3-4-23(17)32)33(16-25(34)35)39(37,38)22-14-19(27)13-20(28)15-22/h3-7,9,11-15H,8,10,16H2,1-2H3,(H,30,36)(H,34,35). The number of pyridine rings is 1. The molecule has 0 fully saturated rings. The summed E-state index contributed by atoms with van der Waals surface area (Å²) in [7, 11) is -0.481. The Morgan fingerprint density at radius 3 is 2.41 bits per heavy atom. The van der Waals surface area contributed by atoms with Gasteiger partial charge >= 0.3 is 5.97 Å². The summed E-state index contributed by atoms with van der Waals surface area (Å²) in [6, 6.07) is 13.5. The number of aromatic nitrogens is 2. The molecule has 204 valence electrons. The second kappa shape index (κ2) is 11.6. The average Bonchev–Trinajstić information content (AvgIpc) is 3.29. The number of amides is 1. The van der Waals surface area contributed by atoms with Crippen molar-refractivity contribution in [2.75, 3.05) is 38.0 Å². The Morgan fingerprint density at radius 1 is 1.03 bits per heavy atom. The third-order valence-corrected chi connectivity index (χ3v) is 7.95. The van der Waals surface area contributed by atoms with Gasteiger partial charge < -0.3 is 19.9 Å². The Bertz CT molecular complexity index is 1640. The first-order valence-corrected chi connectivity index (χ1v) is 13.9. The first-order chi connectivity index (χ1) is 18.5. The number of anilines is 1. The van der Waals surface area contributed by atoms with Crippen molar-refractivity contribution in [3.8, 4) is 5.82 Å². The molecule has 2 aromatic heterocycles. The third-order valence-electron chi connectivity index (χ3n) is 5.76. The lowest BCUT2D eigenvalue weighted by Gasteiger charge is -2.23. The smallest absolute Gasteiger partial charge is 0.324 e. The van der Waals surface area contributed by atoms with Gasteiger partial charge in [0.1, 0.15) is 12.4 Å². The number of likely N-dealkylation sites (N-methyl/N-ethyl adjacent to an activating group) is 1. The van der Waals surface area contributed by atoms with Crippen molar-refractivity contribution in [1.29, 1.82) is 0 Å². The van der Waals surface area contributed by atoms with Crippen LogP contribution in [0.5, 0.6) is 0 Å². The minimum absolute atomic E-state index is 0.102. The molecule has 39 heavy (non-hydrogen) atoms. The van der Waals surface area contributed by atoms with Crippen molar-refractivity contribution in [2.45, 2.75) is 4.90 Å². The van der Waals surface area contributed by atoms with E-state index in [0.717, 1.165) is 4.31 Å². The number of aliphatic carboxylic acids is 1. The van der Waals surface area contributed by atoms with Crippen LogP contribution < -0.4 is 9.62 Å². The highest BCUT2D eigenvalue weighted by Gasteiger charge is 2.28. The summed E-state index contributed by atoms with van der Waals surface area (Å²) >= 11 is 12.0. The number of fused-ring (bicyclic) bond motifs is 1. The second-order valence-electron chi connectivity index (χ2n) is 8.90. The van der Waals surface area contributed by atoms with Crippen molar-refractivity contribution in [2.24, 2.45) is 0 Å². The second-order valence-corrected chi connectivity index (χ2v) is 11.6. The van der Waals surface area contributed by atoms with E-state index < -0.39 is 22.5 Å². The van der Waals surface area contributed by atoms with Crippen LogP contribution in [-0.4, -0.2) is 73.6 Å². The molecule has 0 atom stereocenters. The van der Waals surface area contributed by atoms with Gasteiger partial charge in [-0.15, -0.1) is 0 Å². The lowest BCUT2D eigenvalue weighted by Crippen LogP contribution is -2.35. The van der Waals surface area contributed by atoms with Gasteiger partial charge in [-0.2, -0.15) is 0 Å². The van der Waals surface area contributed by atoms with Gasteiger partial charge in [-0.1, -0.05) is 23.2 Å². The number of nitrogens with one attached hydrogen (secondary N) is 1. The Hall–Kier alpha value is -3.64. The number of benzene rings is 2. The van der Waals surface area contributed by atoms with Crippen molar-refractivity contribution in [3.63, 3.8) is 0 Å². The van der Waals surface area contributed by atoms with Crippen LogP contribution >= 0.6 is 23.2 Å². The summed E-state index contributed by atoms with van der Waals surface area (Å²) in [6.07, 6.45) is 3.27. The number of hydrogen-bond donors (Lipinski definition) is 2. The summed E-state index contributed by atoms with van der Waals surface area (Å²) in [4.78, 5) is 30.3. The summed E-state index contributed by atoms with van der Waals surface area (Å²) < 4.78 is 29.4. The number of carbonyl (C=O) groups excluding carboxylic acids is 1. The van der Waals surface area contributed by atoms with Crippen molar-refractivity contribution in [3.05, 3.63) is 82.6 Å². The third kappa shape index (κ3) is 6.51. The van der Waals surface area contributed by atoms with Crippen LogP contribution in [0, 0.1) is 0 Å². The number of halogens is 2. The quantitative estimate of drug-likeness (QED) is 0.287. The normalized spacial score (nSPS) is 11.6. The Kier molecular flexibility index (Phi) is 8.45. The highest BCUT2D eigenvalue weighted by Crippen LogP contribution is 2.31. The van der Waals surface area contributed by atoms with E-state index in [2.05, 4.69) is 10.3 Å². The topological polar surface area (TPSA) is 125 Å². The van der Waals surface area contributed by atoms with Crippen molar-refractivity contribution in [1.82, 2.24) is 19.8 Å². The van der Waals surface area contributed by atoms with E-state index in [-0.39, 0.29) is 26.5 Å². The lowest BCUT2D eigenvalue weighted by molar-refractivity contribution is -0.135. The van der Waals surface area contributed by atoms with E-state index in [9.17, 15) is 23.1 Å². The number of carbonyl (C=O) groups is 2. The molecule has 0 aliphatic carbocycles. The lowest BCUT2D eigenvalue weighted by atomic mass is 10.2. The molecule has 0 unspecified atom stereocenters. The monoisotopic (exact) mass is 589 g/mol. The average molecular weight is 590 g/mol. The Balaban J connectivity index is 1.69. The number of rotatable bonds is 10. The van der Waals surface area contributed by atoms with Gasteiger partial charge in [-0.05, 0) is 68.7 Å². The highest BCUT2D eigenvalue weighted by molar-refractivity contribution is 7.92. The van der Waals surface area contributed by atoms with Crippen LogP contribution in [0.25, 0.3) is 16.7 Å².